The SMILES string of the molecule is CC(C)C/C=C/C(C)C1CCC2C1(C)CCC1C23C=CC2(CC(O)CCC12C)OO3. The van der Waals surface area contributed by atoms with Gasteiger partial charge in [-0.05, 0) is 74.2 Å². The Kier molecular flexibility index (Phi) is 4.90. The lowest BCUT2D eigenvalue weighted by Crippen LogP contribution is -2.73. The lowest BCUT2D eigenvalue weighted by molar-refractivity contribution is -0.497. The molecule has 3 heteroatoms. The molecule has 2 bridgehead atoms. The maximum absolute atomic E-state index is 10.4. The molecule has 2 aliphatic heterocycles. The van der Waals surface area contributed by atoms with E-state index in [1.165, 1.54) is 32.1 Å². The zero-order valence-corrected chi connectivity index (χ0v) is 19.7. The minimum Gasteiger partial charge on any atom is -0.393 e. The molecule has 2 spiro atoms. The van der Waals surface area contributed by atoms with Gasteiger partial charge in [0, 0.05) is 23.7 Å². The number of aliphatic hydroxyl groups is 1. The highest BCUT2D eigenvalue weighted by Crippen LogP contribution is 2.72. The fourth-order valence-corrected chi connectivity index (χ4v) is 8.70. The van der Waals surface area contributed by atoms with E-state index in [0.717, 1.165) is 18.8 Å². The molecule has 9 unspecified atom stereocenters. The Morgan fingerprint density at radius 2 is 1.80 bits per heavy atom. The highest BCUT2D eigenvalue weighted by Gasteiger charge is 2.74. The summed E-state index contributed by atoms with van der Waals surface area (Å²) >= 11 is 0. The van der Waals surface area contributed by atoms with Crippen LogP contribution >= 0.6 is 0 Å². The molecule has 4 aliphatic carbocycles. The molecule has 0 aromatic rings. The summed E-state index contributed by atoms with van der Waals surface area (Å²) in [5.41, 5.74) is -0.341. The molecule has 30 heavy (non-hydrogen) atoms. The molecule has 3 nitrogen and oxygen atoms in total. The summed E-state index contributed by atoms with van der Waals surface area (Å²) < 4.78 is 0. The van der Waals surface area contributed by atoms with Gasteiger partial charge in [0.2, 0.25) is 0 Å². The third-order valence-corrected chi connectivity index (χ3v) is 10.4. The Bertz CT molecular complexity index is 742. The van der Waals surface area contributed by atoms with Crippen LogP contribution in [0.2, 0.25) is 0 Å². The molecule has 9 atom stereocenters. The Morgan fingerprint density at radius 3 is 2.50 bits per heavy atom. The Balaban J connectivity index is 1.46. The molecule has 1 saturated heterocycles. The molecular formula is C27H42O3. The Hall–Kier alpha value is -0.640. The van der Waals surface area contributed by atoms with Gasteiger partial charge in [-0.3, -0.25) is 0 Å². The molecule has 0 amide bonds. The van der Waals surface area contributed by atoms with E-state index < -0.39 is 5.60 Å². The van der Waals surface area contributed by atoms with E-state index in [0.29, 0.717) is 35.5 Å². The molecule has 168 valence electrons. The van der Waals surface area contributed by atoms with Crippen LogP contribution in [0.1, 0.15) is 86.0 Å². The van der Waals surface area contributed by atoms with Gasteiger partial charge in [0.05, 0.1) is 6.10 Å². The van der Waals surface area contributed by atoms with Crippen molar-refractivity contribution >= 4 is 0 Å². The third-order valence-electron chi connectivity index (χ3n) is 10.4. The van der Waals surface area contributed by atoms with Crippen molar-refractivity contribution in [1.29, 1.82) is 0 Å². The summed E-state index contributed by atoms with van der Waals surface area (Å²) in [6.07, 6.45) is 18.1. The Labute approximate surface area is 183 Å². The van der Waals surface area contributed by atoms with E-state index >= 15 is 0 Å². The van der Waals surface area contributed by atoms with Crippen molar-refractivity contribution in [1.82, 2.24) is 0 Å². The van der Waals surface area contributed by atoms with Gasteiger partial charge in [0.15, 0.2) is 0 Å². The zero-order chi connectivity index (χ0) is 21.4. The quantitative estimate of drug-likeness (QED) is 0.438. The maximum atomic E-state index is 10.4. The summed E-state index contributed by atoms with van der Waals surface area (Å²) in [6.45, 7) is 12.0. The van der Waals surface area contributed by atoms with Crippen LogP contribution < -0.4 is 0 Å². The summed E-state index contributed by atoms with van der Waals surface area (Å²) in [7, 11) is 0. The first-order chi connectivity index (χ1) is 14.2. The van der Waals surface area contributed by atoms with Crippen LogP contribution in [0.5, 0.6) is 0 Å². The molecule has 0 aromatic carbocycles. The van der Waals surface area contributed by atoms with Crippen LogP contribution in [0.3, 0.4) is 0 Å². The van der Waals surface area contributed by atoms with Crippen LogP contribution in [0.4, 0.5) is 0 Å². The summed E-state index contributed by atoms with van der Waals surface area (Å²) in [5, 5.41) is 10.4. The van der Waals surface area contributed by atoms with Crippen LogP contribution in [-0.4, -0.2) is 22.4 Å². The fourth-order valence-electron chi connectivity index (χ4n) is 8.70. The molecule has 0 aromatic heterocycles. The summed E-state index contributed by atoms with van der Waals surface area (Å²) in [4.78, 5) is 12.7. The number of allylic oxidation sites excluding steroid dienone is 2. The van der Waals surface area contributed by atoms with Crippen LogP contribution in [0, 0.1) is 40.4 Å². The zero-order valence-electron chi connectivity index (χ0n) is 19.7. The van der Waals surface area contributed by atoms with Gasteiger partial charge >= 0.3 is 0 Å². The van der Waals surface area contributed by atoms with Crippen LogP contribution in [0.25, 0.3) is 0 Å². The van der Waals surface area contributed by atoms with Gasteiger partial charge in [-0.1, -0.05) is 52.8 Å². The van der Waals surface area contributed by atoms with E-state index in [1.54, 1.807) is 0 Å². The van der Waals surface area contributed by atoms with E-state index in [1.807, 2.05) is 0 Å². The van der Waals surface area contributed by atoms with Crippen molar-refractivity contribution < 1.29 is 14.9 Å². The fraction of sp³-hybridized carbons (Fsp3) is 0.852. The van der Waals surface area contributed by atoms with Crippen molar-refractivity contribution in [2.24, 2.45) is 40.4 Å². The molecule has 6 rings (SSSR count). The molecule has 6 aliphatic rings. The summed E-state index contributed by atoms with van der Waals surface area (Å²) in [6, 6.07) is 0. The average Bonchev–Trinajstić information content (AvgIpc) is 3.05. The average molecular weight is 415 g/mol. The molecule has 3 saturated carbocycles. The van der Waals surface area contributed by atoms with Gasteiger partial charge in [-0.25, -0.2) is 9.78 Å². The van der Waals surface area contributed by atoms with Gasteiger partial charge in [-0.2, -0.15) is 0 Å². The van der Waals surface area contributed by atoms with Gasteiger partial charge in [0.1, 0.15) is 11.2 Å². The molecule has 1 N–H and O–H groups in total. The second kappa shape index (κ2) is 6.93. The van der Waals surface area contributed by atoms with E-state index in [-0.39, 0.29) is 17.1 Å². The van der Waals surface area contributed by atoms with Gasteiger partial charge < -0.3 is 5.11 Å². The number of hydrogen-bond donors (Lipinski definition) is 1. The number of rotatable bonds is 4. The molecule has 0 radical (unpaired) electrons. The van der Waals surface area contributed by atoms with Crippen LogP contribution in [-0.2, 0) is 9.78 Å². The topological polar surface area (TPSA) is 38.7 Å². The number of aliphatic hydroxyl groups excluding tert-OH is 1. The lowest BCUT2D eigenvalue weighted by atomic mass is 9.43. The predicted molar refractivity (Wildman–Crippen MR) is 120 cm³/mol. The Morgan fingerprint density at radius 1 is 1.00 bits per heavy atom. The minimum absolute atomic E-state index is 0.0709. The van der Waals surface area contributed by atoms with Crippen molar-refractivity contribution in [3.05, 3.63) is 24.3 Å². The smallest absolute Gasteiger partial charge is 0.130 e. The van der Waals surface area contributed by atoms with Crippen molar-refractivity contribution in [2.45, 2.75) is 103 Å². The van der Waals surface area contributed by atoms with E-state index in [9.17, 15) is 5.11 Å². The van der Waals surface area contributed by atoms with Crippen molar-refractivity contribution in [2.75, 3.05) is 0 Å². The number of hydrogen-bond acceptors (Lipinski definition) is 3. The highest BCUT2D eigenvalue weighted by molar-refractivity contribution is 5.33. The molecular weight excluding hydrogens is 372 g/mol. The monoisotopic (exact) mass is 414 g/mol. The van der Waals surface area contributed by atoms with E-state index in [4.69, 9.17) is 9.78 Å². The van der Waals surface area contributed by atoms with Crippen molar-refractivity contribution in [3.8, 4) is 0 Å². The highest BCUT2D eigenvalue weighted by atomic mass is 17.2. The first kappa shape index (κ1) is 21.2. The van der Waals surface area contributed by atoms with Crippen LogP contribution in [0.15, 0.2) is 24.3 Å². The van der Waals surface area contributed by atoms with Crippen molar-refractivity contribution in [3.63, 3.8) is 0 Å². The molecule has 4 fully saturated rings. The third kappa shape index (κ3) is 2.67. The second-order valence-electron chi connectivity index (χ2n) is 12.3. The predicted octanol–water partition coefficient (Wildman–Crippen LogP) is 6.23. The van der Waals surface area contributed by atoms with Gasteiger partial charge in [0.25, 0.3) is 0 Å². The largest absolute Gasteiger partial charge is 0.393 e. The second-order valence-corrected chi connectivity index (χ2v) is 12.3. The lowest BCUT2D eigenvalue weighted by Gasteiger charge is -2.69. The number of fused-ring (bicyclic) bond motifs is 2. The van der Waals surface area contributed by atoms with E-state index in [2.05, 4.69) is 58.9 Å². The standard InChI is InChI=1S/C27H42O3/c1-18(2)7-6-8-19(3)21-9-10-22-24(21,4)13-12-23-25(5)14-11-20(28)17-26(25)15-16-27(22,23)30-29-26/h6,8,15-16,18-23,28H,7,9-14,17H2,1-5H3/b8-6+. The normalized spacial score (nSPS) is 53.0. The molecule has 2 heterocycles. The first-order valence-corrected chi connectivity index (χ1v) is 12.6. The maximum Gasteiger partial charge on any atom is 0.130 e. The first-order valence-electron chi connectivity index (χ1n) is 12.6. The minimum atomic E-state index is -0.435. The summed E-state index contributed by atoms with van der Waals surface area (Å²) in [5.74, 6) is 3.08. The van der Waals surface area contributed by atoms with Gasteiger partial charge in [-0.15, -0.1) is 0 Å².